The summed E-state index contributed by atoms with van der Waals surface area (Å²) in [5.74, 6) is 7.42. The summed E-state index contributed by atoms with van der Waals surface area (Å²) < 4.78 is 0. The first kappa shape index (κ1) is 13.5. The molecule has 0 aliphatic carbocycles. The van der Waals surface area contributed by atoms with Gasteiger partial charge in [-0.3, -0.25) is 4.79 Å². The number of nitrogen functional groups attached to an aromatic ring is 1. The van der Waals surface area contributed by atoms with Crippen molar-refractivity contribution in [2.75, 3.05) is 17.3 Å². The second-order valence-electron chi connectivity index (χ2n) is 4.59. The van der Waals surface area contributed by atoms with Crippen LogP contribution in [0.4, 0.5) is 11.6 Å². The fourth-order valence-corrected chi connectivity index (χ4v) is 2.08. The Balaban J connectivity index is 2.25. The van der Waals surface area contributed by atoms with Crippen molar-refractivity contribution in [3.63, 3.8) is 0 Å². The van der Waals surface area contributed by atoms with Gasteiger partial charge in [-0.1, -0.05) is 6.92 Å². The Morgan fingerprint density at radius 3 is 2.79 bits per heavy atom. The minimum atomic E-state index is -0.238. The van der Waals surface area contributed by atoms with Crippen LogP contribution in [0.25, 0.3) is 0 Å². The van der Waals surface area contributed by atoms with E-state index in [9.17, 15) is 4.79 Å². The molecular weight excluding hydrogens is 244 g/mol. The average Bonchev–Trinajstić information content (AvgIpc) is 2.43. The molecule has 1 saturated heterocycles. The quantitative estimate of drug-likeness (QED) is 0.461. The zero-order chi connectivity index (χ0) is 13.8. The molecule has 0 bridgehead atoms. The van der Waals surface area contributed by atoms with Gasteiger partial charge in [-0.15, -0.1) is 0 Å². The third-order valence-electron chi connectivity index (χ3n) is 3.24. The summed E-state index contributed by atoms with van der Waals surface area (Å²) in [4.78, 5) is 20.5. The topological polar surface area (TPSA) is 105 Å². The summed E-state index contributed by atoms with van der Waals surface area (Å²) >= 11 is 0. The van der Waals surface area contributed by atoms with Crippen LogP contribution in [0.15, 0.2) is 0 Å². The third kappa shape index (κ3) is 2.93. The molecule has 0 radical (unpaired) electrons. The van der Waals surface area contributed by atoms with Crippen LogP contribution in [0, 0.1) is 6.92 Å². The van der Waals surface area contributed by atoms with Crippen LogP contribution >= 0.6 is 0 Å². The smallest absolute Gasteiger partial charge is 0.242 e. The van der Waals surface area contributed by atoms with Gasteiger partial charge < -0.3 is 16.1 Å². The molecule has 7 heteroatoms. The van der Waals surface area contributed by atoms with Crippen molar-refractivity contribution in [2.24, 2.45) is 5.84 Å². The Morgan fingerprint density at radius 2 is 2.16 bits per heavy atom. The Bertz CT molecular complexity index is 476. The molecule has 1 aromatic rings. The zero-order valence-corrected chi connectivity index (χ0v) is 11.3. The molecule has 1 fully saturated rings. The summed E-state index contributed by atoms with van der Waals surface area (Å²) in [7, 11) is 0. The Labute approximate surface area is 112 Å². The monoisotopic (exact) mass is 264 g/mol. The molecular formula is C12H20N6O. The summed E-state index contributed by atoms with van der Waals surface area (Å²) in [6, 6.07) is -0.238. The molecule has 1 aliphatic heterocycles. The number of carbonyl (C=O) groups is 1. The number of hydrazine groups is 1. The molecule has 1 amide bonds. The largest absolute Gasteiger partial charge is 0.358 e. The van der Waals surface area contributed by atoms with Gasteiger partial charge in [0.2, 0.25) is 5.91 Å². The molecule has 7 nitrogen and oxygen atoms in total. The van der Waals surface area contributed by atoms with Gasteiger partial charge in [0, 0.05) is 18.5 Å². The van der Waals surface area contributed by atoms with Crippen LogP contribution in [-0.4, -0.2) is 28.5 Å². The normalized spacial score (nSPS) is 18.9. The number of aryl methyl sites for hydroxylation is 1. The van der Waals surface area contributed by atoms with Crippen LogP contribution in [-0.2, 0) is 11.2 Å². The SMILES string of the molecule is CCc1nc(NN)c(C)c(NC2CCCNC2=O)n1. The lowest BCUT2D eigenvalue weighted by Crippen LogP contribution is -2.44. The minimum absolute atomic E-state index is 0.0181. The first-order valence-electron chi connectivity index (χ1n) is 6.54. The number of nitrogens with one attached hydrogen (secondary N) is 3. The number of piperidine rings is 1. The number of nitrogens with two attached hydrogens (primary N) is 1. The predicted octanol–water partition coefficient (Wildman–Crippen LogP) is 0.324. The first-order valence-corrected chi connectivity index (χ1v) is 6.54. The molecule has 1 aromatic heterocycles. The molecule has 2 heterocycles. The van der Waals surface area contributed by atoms with E-state index in [-0.39, 0.29) is 11.9 Å². The van der Waals surface area contributed by atoms with Crippen LogP contribution < -0.4 is 21.9 Å². The second-order valence-corrected chi connectivity index (χ2v) is 4.59. The van der Waals surface area contributed by atoms with Gasteiger partial charge in [0.25, 0.3) is 0 Å². The Kier molecular flexibility index (Phi) is 4.16. The number of hydrogen-bond donors (Lipinski definition) is 4. The highest BCUT2D eigenvalue weighted by Gasteiger charge is 2.23. The van der Waals surface area contributed by atoms with Crippen molar-refractivity contribution in [1.82, 2.24) is 15.3 Å². The van der Waals surface area contributed by atoms with Gasteiger partial charge in [0.1, 0.15) is 23.5 Å². The maximum absolute atomic E-state index is 11.8. The van der Waals surface area contributed by atoms with Crippen molar-refractivity contribution in [3.8, 4) is 0 Å². The molecule has 1 aliphatic rings. The van der Waals surface area contributed by atoms with Gasteiger partial charge in [-0.05, 0) is 19.8 Å². The average molecular weight is 264 g/mol. The van der Waals surface area contributed by atoms with Crippen LogP contribution in [0.2, 0.25) is 0 Å². The molecule has 19 heavy (non-hydrogen) atoms. The fraction of sp³-hybridized carbons (Fsp3) is 0.583. The number of carbonyl (C=O) groups excluding carboxylic acids is 1. The van der Waals surface area contributed by atoms with Gasteiger partial charge in [-0.25, -0.2) is 15.8 Å². The number of amides is 1. The number of hydrogen-bond acceptors (Lipinski definition) is 6. The highest BCUT2D eigenvalue weighted by molar-refractivity contribution is 5.85. The molecule has 1 atom stereocenters. The van der Waals surface area contributed by atoms with Crippen molar-refractivity contribution in [3.05, 3.63) is 11.4 Å². The van der Waals surface area contributed by atoms with Gasteiger partial charge in [0.05, 0.1) is 0 Å². The lowest BCUT2D eigenvalue weighted by atomic mass is 10.1. The number of rotatable bonds is 4. The van der Waals surface area contributed by atoms with Crippen LogP contribution in [0.5, 0.6) is 0 Å². The highest BCUT2D eigenvalue weighted by atomic mass is 16.2. The standard InChI is InChI=1S/C12H20N6O/c1-3-9-16-10(7(2)11(17-9)18-13)15-8-5-4-6-14-12(8)19/h8H,3-6,13H2,1-2H3,(H,14,19)(H2,15,16,17,18). The van der Waals surface area contributed by atoms with E-state index >= 15 is 0 Å². The van der Waals surface area contributed by atoms with E-state index in [4.69, 9.17) is 5.84 Å². The highest BCUT2D eigenvalue weighted by Crippen LogP contribution is 2.21. The maximum atomic E-state index is 11.8. The zero-order valence-electron chi connectivity index (χ0n) is 11.3. The number of aromatic nitrogens is 2. The van der Waals surface area contributed by atoms with E-state index in [1.807, 2.05) is 13.8 Å². The van der Waals surface area contributed by atoms with Gasteiger partial charge in [-0.2, -0.15) is 0 Å². The molecule has 0 spiro atoms. The fourth-order valence-electron chi connectivity index (χ4n) is 2.08. The van der Waals surface area contributed by atoms with Crippen LogP contribution in [0.1, 0.15) is 31.2 Å². The van der Waals surface area contributed by atoms with Gasteiger partial charge >= 0.3 is 0 Å². The maximum Gasteiger partial charge on any atom is 0.242 e. The number of anilines is 2. The first-order chi connectivity index (χ1) is 9.15. The molecule has 0 saturated carbocycles. The Morgan fingerprint density at radius 1 is 1.42 bits per heavy atom. The van der Waals surface area contributed by atoms with Crippen molar-refractivity contribution >= 4 is 17.5 Å². The second kappa shape index (κ2) is 5.83. The van der Waals surface area contributed by atoms with Crippen molar-refractivity contribution < 1.29 is 4.79 Å². The van der Waals surface area contributed by atoms with Crippen molar-refractivity contribution in [2.45, 2.75) is 39.2 Å². The summed E-state index contributed by atoms with van der Waals surface area (Å²) in [6.45, 7) is 4.59. The lowest BCUT2D eigenvalue weighted by molar-refractivity contribution is -0.123. The molecule has 1 unspecified atom stereocenters. The molecule has 104 valence electrons. The lowest BCUT2D eigenvalue weighted by Gasteiger charge is -2.24. The number of nitrogens with zero attached hydrogens (tertiary/aromatic N) is 2. The van der Waals surface area contributed by atoms with Crippen LogP contribution in [0.3, 0.4) is 0 Å². The minimum Gasteiger partial charge on any atom is -0.358 e. The van der Waals surface area contributed by atoms with E-state index in [2.05, 4.69) is 26.0 Å². The van der Waals surface area contributed by atoms with E-state index in [1.54, 1.807) is 0 Å². The van der Waals surface area contributed by atoms with Gasteiger partial charge in [0.15, 0.2) is 0 Å². The Hall–Kier alpha value is -1.89. The molecule has 2 rings (SSSR count). The van der Waals surface area contributed by atoms with E-state index in [0.29, 0.717) is 23.9 Å². The summed E-state index contributed by atoms with van der Waals surface area (Å²) in [5.41, 5.74) is 3.38. The third-order valence-corrected chi connectivity index (χ3v) is 3.24. The molecule has 5 N–H and O–H groups in total. The van der Waals surface area contributed by atoms with Crippen molar-refractivity contribution in [1.29, 1.82) is 0 Å². The van der Waals surface area contributed by atoms with E-state index in [0.717, 1.165) is 24.9 Å². The van der Waals surface area contributed by atoms with E-state index < -0.39 is 0 Å². The summed E-state index contributed by atoms with van der Waals surface area (Å²) in [5, 5.41) is 6.03. The summed E-state index contributed by atoms with van der Waals surface area (Å²) in [6.07, 6.45) is 2.48. The molecule has 0 aromatic carbocycles. The van der Waals surface area contributed by atoms with E-state index in [1.165, 1.54) is 0 Å². The predicted molar refractivity (Wildman–Crippen MR) is 73.6 cm³/mol.